The van der Waals surface area contributed by atoms with Crippen molar-refractivity contribution in [1.82, 2.24) is 5.32 Å². The second-order valence-corrected chi connectivity index (χ2v) is 8.89. The number of fused-ring (bicyclic) bond motifs is 1. The van der Waals surface area contributed by atoms with Crippen LogP contribution in [-0.4, -0.2) is 18.4 Å². The van der Waals surface area contributed by atoms with Crippen LogP contribution < -0.4 is 15.5 Å². The molecule has 0 radical (unpaired) electrons. The third-order valence-electron chi connectivity index (χ3n) is 4.69. The molecule has 28 heavy (non-hydrogen) atoms. The minimum absolute atomic E-state index is 0.0802. The zero-order valence-corrected chi connectivity index (χ0v) is 17.2. The minimum atomic E-state index is -0.132. The Morgan fingerprint density at radius 1 is 1.11 bits per heavy atom. The number of benzene rings is 1. The molecule has 4 rings (SSSR count). The molecule has 2 N–H and O–H groups in total. The number of hydrogen-bond donors (Lipinski definition) is 2. The predicted octanol–water partition coefficient (Wildman–Crippen LogP) is 4.26. The molecule has 0 spiro atoms. The third-order valence-corrected chi connectivity index (χ3v) is 6.80. The lowest BCUT2D eigenvalue weighted by molar-refractivity contribution is -0.119. The molecule has 0 aliphatic carbocycles. The Morgan fingerprint density at radius 2 is 1.93 bits per heavy atom. The van der Waals surface area contributed by atoms with Crippen molar-refractivity contribution in [3.8, 4) is 0 Å². The molecule has 2 aromatic heterocycles. The smallest absolute Gasteiger partial charge is 0.265 e. The van der Waals surface area contributed by atoms with E-state index in [0.29, 0.717) is 11.4 Å². The Morgan fingerprint density at radius 3 is 2.71 bits per heavy atom. The van der Waals surface area contributed by atoms with Gasteiger partial charge in [0.15, 0.2) is 0 Å². The van der Waals surface area contributed by atoms with Crippen LogP contribution in [0.15, 0.2) is 47.8 Å². The van der Waals surface area contributed by atoms with Crippen LogP contribution in [0.1, 0.15) is 31.9 Å². The monoisotopic (exact) mass is 411 g/mol. The summed E-state index contributed by atoms with van der Waals surface area (Å²) in [6, 6.07) is 13.9. The zero-order chi connectivity index (χ0) is 19.5. The molecule has 144 valence electrons. The number of anilines is 2. The van der Waals surface area contributed by atoms with Gasteiger partial charge in [-0.2, -0.15) is 0 Å². The van der Waals surface area contributed by atoms with Gasteiger partial charge in [0, 0.05) is 41.1 Å². The lowest BCUT2D eigenvalue weighted by Crippen LogP contribution is -2.29. The summed E-state index contributed by atoms with van der Waals surface area (Å²) >= 11 is 3.23. The zero-order valence-electron chi connectivity index (χ0n) is 15.5. The van der Waals surface area contributed by atoms with E-state index >= 15 is 0 Å². The number of carbonyl (C=O) groups is 2. The van der Waals surface area contributed by atoms with Crippen LogP contribution in [0.2, 0.25) is 0 Å². The maximum Gasteiger partial charge on any atom is 0.265 e. The molecule has 2 amide bonds. The van der Waals surface area contributed by atoms with Crippen molar-refractivity contribution in [2.24, 2.45) is 0 Å². The standard InChI is InChI=1S/C21H21N3O2S2/c1-14(25)22-12-18-6-7-20(28-18)21(26)23-16-2-4-17(5-3-16)24-10-8-19-15(13-24)9-11-27-19/h2-7,9,11H,8,10,12-13H2,1H3,(H,22,25)(H,23,26). The van der Waals surface area contributed by atoms with Crippen LogP contribution >= 0.6 is 22.7 Å². The minimum Gasteiger partial charge on any atom is -0.367 e. The Balaban J connectivity index is 1.37. The summed E-state index contributed by atoms with van der Waals surface area (Å²) in [7, 11) is 0. The van der Waals surface area contributed by atoms with E-state index in [0.717, 1.165) is 30.1 Å². The average Bonchev–Trinajstić information content (AvgIpc) is 3.36. The number of thiophene rings is 2. The highest BCUT2D eigenvalue weighted by atomic mass is 32.1. The van der Waals surface area contributed by atoms with E-state index < -0.39 is 0 Å². The Bertz CT molecular complexity index is 991. The first-order valence-electron chi connectivity index (χ1n) is 9.13. The molecule has 0 saturated heterocycles. The summed E-state index contributed by atoms with van der Waals surface area (Å²) < 4.78 is 0. The van der Waals surface area contributed by atoms with E-state index in [1.165, 1.54) is 34.4 Å². The fourth-order valence-electron chi connectivity index (χ4n) is 3.22. The van der Waals surface area contributed by atoms with Crippen LogP contribution in [-0.2, 0) is 24.3 Å². The molecular formula is C21H21N3O2S2. The van der Waals surface area contributed by atoms with Crippen LogP contribution in [0.3, 0.4) is 0 Å². The van der Waals surface area contributed by atoms with Crippen molar-refractivity contribution in [2.75, 3.05) is 16.8 Å². The normalized spacial score (nSPS) is 13.1. The molecule has 0 atom stereocenters. The SMILES string of the molecule is CC(=O)NCc1ccc(C(=O)Nc2ccc(N3CCc4sccc4C3)cc2)s1. The highest BCUT2D eigenvalue weighted by molar-refractivity contribution is 7.14. The van der Waals surface area contributed by atoms with Gasteiger partial charge in [-0.15, -0.1) is 22.7 Å². The molecule has 7 heteroatoms. The maximum atomic E-state index is 12.5. The number of amides is 2. The summed E-state index contributed by atoms with van der Waals surface area (Å²) in [6.45, 7) is 3.89. The van der Waals surface area contributed by atoms with Crippen molar-refractivity contribution in [3.63, 3.8) is 0 Å². The number of carbonyl (C=O) groups excluding carboxylic acids is 2. The first-order valence-corrected chi connectivity index (χ1v) is 10.8. The van der Waals surface area contributed by atoms with Gasteiger partial charge < -0.3 is 15.5 Å². The van der Waals surface area contributed by atoms with Gasteiger partial charge in [-0.1, -0.05) is 0 Å². The Kier molecular flexibility index (Phi) is 5.45. The highest BCUT2D eigenvalue weighted by Gasteiger charge is 2.17. The fourth-order valence-corrected chi connectivity index (χ4v) is 4.96. The molecule has 1 aromatic carbocycles. The molecule has 5 nitrogen and oxygen atoms in total. The average molecular weight is 412 g/mol. The lowest BCUT2D eigenvalue weighted by atomic mass is 10.1. The van der Waals surface area contributed by atoms with E-state index in [1.54, 1.807) is 6.07 Å². The van der Waals surface area contributed by atoms with Crippen LogP contribution in [0.5, 0.6) is 0 Å². The van der Waals surface area contributed by atoms with E-state index in [4.69, 9.17) is 0 Å². The van der Waals surface area contributed by atoms with Gasteiger partial charge in [0.1, 0.15) is 0 Å². The summed E-state index contributed by atoms with van der Waals surface area (Å²) in [5.41, 5.74) is 3.36. The molecule has 3 heterocycles. The summed E-state index contributed by atoms with van der Waals surface area (Å²) in [5, 5.41) is 7.85. The topological polar surface area (TPSA) is 61.4 Å². The third kappa shape index (κ3) is 4.26. The van der Waals surface area contributed by atoms with Crippen LogP contribution in [0, 0.1) is 0 Å². The summed E-state index contributed by atoms with van der Waals surface area (Å²) in [6.07, 6.45) is 1.09. The van der Waals surface area contributed by atoms with E-state index in [1.807, 2.05) is 29.5 Å². The molecule has 1 aliphatic heterocycles. The lowest BCUT2D eigenvalue weighted by Gasteiger charge is -2.29. The highest BCUT2D eigenvalue weighted by Crippen LogP contribution is 2.28. The van der Waals surface area contributed by atoms with Gasteiger partial charge >= 0.3 is 0 Å². The maximum absolute atomic E-state index is 12.5. The van der Waals surface area contributed by atoms with Crippen LogP contribution in [0.4, 0.5) is 11.4 Å². The van der Waals surface area contributed by atoms with Crippen molar-refractivity contribution >= 4 is 45.9 Å². The Hall–Kier alpha value is -2.64. The molecule has 1 aliphatic rings. The van der Waals surface area contributed by atoms with Gasteiger partial charge in [-0.3, -0.25) is 9.59 Å². The molecule has 0 bridgehead atoms. The van der Waals surface area contributed by atoms with Crippen LogP contribution in [0.25, 0.3) is 0 Å². The Labute approximate surface area is 172 Å². The quantitative estimate of drug-likeness (QED) is 0.659. The number of nitrogens with zero attached hydrogens (tertiary/aromatic N) is 1. The van der Waals surface area contributed by atoms with E-state index in [9.17, 15) is 9.59 Å². The number of rotatable bonds is 5. The van der Waals surface area contributed by atoms with Gasteiger partial charge in [0.05, 0.1) is 11.4 Å². The van der Waals surface area contributed by atoms with Gasteiger partial charge in [-0.25, -0.2) is 0 Å². The fraction of sp³-hybridized carbons (Fsp3) is 0.238. The molecular weight excluding hydrogens is 390 g/mol. The summed E-state index contributed by atoms with van der Waals surface area (Å²) in [4.78, 5) is 28.9. The molecule has 0 saturated carbocycles. The summed E-state index contributed by atoms with van der Waals surface area (Å²) in [5.74, 6) is -0.212. The van der Waals surface area contributed by atoms with Crippen molar-refractivity contribution in [1.29, 1.82) is 0 Å². The van der Waals surface area contributed by atoms with Crippen molar-refractivity contribution < 1.29 is 9.59 Å². The van der Waals surface area contributed by atoms with Crippen molar-refractivity contribution in [3.05, 3.63) is 68.0 Å². The second-order valence-electron chi connectivity index (χ2n) is 6.72. The van der Waals surface area contributed by atoms with Crippen molar-refractivity contribution in [2.45, 2.75) is 26.4 Å². The molecule has 0 unspecified atom stereocenters. The predicted molar refractivity (Wildman–Crippen MR) is 115 cm³/mol. The molecule has 0 fully saturated rings. The van der Waals surface area contributed by atoms with Gasteiger partial charge in [0.2, 0.25) is 5.91 Å². The second kappa shape index (κ2) is 8.16. The van der Waals surface area contributed by atoms with E-state index in [2.05, 4.69) is 39.1 Å². The molecule has 3 aromatic rings. The number of hydrogen-bond acceptors (Lipinski definition) is 5. The van der Waals surface area contributed by atoms with Gasteiger partial charge in [-0.05, 0) is 59.8 Å². The van der Waals surface area contributed by atoms with Gasteiger partial charge in [0.25, 0.3) is 5.91 Å². The number of nitrogens with one attached hydrogen (secondary N) is 2. The first-order chi connectivity index (χ1) is 13.6. The first kappa shape index (κ1) is 18.7. The van der Waals surface area contributed by atoms with E-state index in [-0.39, 0.29) is 11.8 Å². The largest absolute Gasteiger partial charge is 0.367 e.